The van der Waals surface area contributed by atoms with Gasteiger partial charge in [-0.05, 0) is 18.4 Å². The first-order chi connectivity index (χ1) is 6.83. The van der Waals surface area contributed by atoms with E-state index in [0.717, 1.165) is 12.8 Å². The molecule has 0 spiro atoms. The molecule has 0 saturated heterocycles. The summed E-state index contributed by atoms with van der Waals surface area (Å²) in [5, 5.41) is 1.19. The van der Waals surface area contributed by atoms with Crippen LogP contribution in [0.4, 0.5) is 0 Å². The predicted octanol–water partition coefficient (Wildman–Crippen LogP) is 1.64. The van der Waals surface area contributed by atoms with Crippen LogP contribution in [0, 0.1) is 0 Å². The Bertz CT molecular complexity index is 261. The third-order valence-corrected chi connectivity index (χ3v) is 1.90. The van der Waals surface area contributed by atoms with Crippen molar-refractivity contribution in [3.63, 3.8) is 0 Å². The number of hydrogen-bond acceptors (Lipinski definition) is 2. The van der Waals surface area contributed by atoms with Gasteiger partial charge >= 0.3 is 0 Å². The Morgan fingerprint density at radius 1 is 1.36 bits per heavy atom. The second kappa shape index (κ2) is 6.16. The third kappa shape index (κ3) is 4.05. The van der Waals surface area contributed by atoms with Crippen molar-refractivity contribution in [1.82, 2.24) is 5.06 Å². The van der Waals surface area contributed by atoms with E-state index >= 15 is 0 Å². The van der Waals surface area contributed by atoms with Gasteiger partial charge in [0.2, 0.25) is 6.41 Å². The molecule has 0 heterocycles. The summed E-state index contributed by atoms with van der Waals surface area (Å²) in [7, 11) is 1.59. The van der Waals surface area contributed by atoms with Gasteiger partial charge < -0.3 is 0 Å². The Morgan fingerprint density at radius 2 is 2.07 bits per heavy atom. The van der Waals surface area contributed by atoms with Crippen molar-refractivity contribution >= 4 is 6.41 Å². The van der Waals surface area contributed by atoms with Gasteiger partial charge in [0, 0.05) is 7.05 Å². The van der Waals surface area contributed by atoms with Crippen LogP contribution in [0.15, 0.2) is 30.3 Å². The third-order valence-electron chi connectivity index (χ3n) is 1.90. The molecule has 0 aliphatic rings. The van der Waals surface area contributed by atoms with Crippen LogP contribution in [-0.2, 0) is 16.1 Å². The molecule has 0 aliphatic heterocycles. The highest BCUT2D eigenvalue weighted by Gasteiger charge is 1.94. The molecule has 1 aromatic carbocycles. The van der Waals surface area contributed by atoms with Crippen molar-refractivity contribution in [3.05, 3.63) is 35.9 Å². The first-order valence-corrected chi connectivity index (χ1v) is 4.68. The minimum Gasteiger partial charge on any atom is -0.276 e. The summed E-state index contributed by atoms with van der Waals surface area (Å²) >= 11 is 0. The standard InChI is InChI=1S/C11H15NO2/c1-12(10-13)14-9-5-8-11-6-3-2-4-7-11/h2-4,6-7,10H,5,8-9H2,1H3. The Kier molecular flexibility index (Phi) is 4.72. The van der Waals surface area contributed by atoms with E-state index in [1.165, 1.54) is 10.6 Å². The van der Waals surface area contributed by atoms with Gasteiger partial charge in [-0.3, -0.25) is 9.63 Å². The summed E-state index contributed by atoms with van der Waals surface area (Å²) in [6.45, 7) is 0.574. The van der Waals surface area contributed by atoms with Gasteiger partial charge in [-0.15, -0.1) is 0 Å². The number of hydroxylamine groups is 2. The van der Waals surface area contributed by atoms with Gasteiger partial charge in [0.15, 0.2) is 0 Å². The lowest BCUT2D eigenvalue weighted by atomic mass is 10.1. The van der Waals surface area contributed by atoms with E-state index < -0.39 is 0 Å². The first kappa shape index (κ1) is 10.7. The number of benzene rings is 1. The molecule has 0 saturated carbocycles. The molecule has 1 rings (SSSR count). The fourth-order valence-corrected chi connectivity index (χ4v) is 1.16. The highest BCUT2D eigenvalue weighted by molar-refractivity contribution is 5.44. The number of amides is 1. The maximum Gasteiger partial charge on any atom is 0.233 e. The predicted molar refractivity (Wildman–Crippen MR) is 54.5 cm³/mol. The number of carbonyl (C=O) groups excluding carboxylic acids is 1. The van der Waals surface area contributed by atoms with E-state index in [1.54, 1.807) is 7.05 Å². The van der Waals surface area contributed by atoms with E-state index in [-0.39, 0.29) is 0 Å². The smallest absolute Gasteiger partial charge is 0.233 e. The monoisotopic (exact) mass is 193 g/mol. The molecule has 14 heavy (non-hydrogen) atoms. The molecule has 0 N–H and O–H groups in total. The summed E-state index contributed by atoms with van der Waals surface area (Å²) in [4.78, 5) is 15.2. The summed E-state index contributed by atoms with van der Waals surface area (Å²) in [5.41, 5.74) is 1.30. The molecule has 0 unspecified atom stereocenters. The van der Waals surface area contributed by atoms with Crippen LogP contribution >= 0.6 is 0 Å². The minimum atomic E-state index is 0.574. The van der Waals surface area contributed by atoms with Crippen molar-refractivity contribution < 1.29 is 9.63 Å². The minimum absolute atomic E-state index is 0.574. The van der Waals surface area contributed by atoms with Crippen LogP contribution in [-0.4, -0.2) is 25.1 Å². The van der Waals surface area contributed by atoms with Gasteiger partial charge in [-0.25, -0.2) is 5.06 Å². The summed E-state index contributed by atoms with van der Waals surface area (Å²) in [5.74, 6) is 0. The van der Waals surface area contributed by atoms with Crippen molar-refractivity contribution in [3.8, 4) is 0 Å². The van der Waals surface area contributed by atoms with E-state index in [9.17, 15) is 4.79 Å². The van der Waals surface area contributed by atoms with E-state index in [4.69, 9.17) is 4.84 Å². The van der Waals surface area contributed by atoms with Gasteiger partial charge in [0.1, 0.15) is 0 Å². The Labute approximate surface area is 84.2 Å². The van der Waals surface area contributed by atoms with Gasteiger partial charge in [0.25, 0.3) is 0 Å². The molecule has 3 heteroatoms. The van der Waals surface area contributed by atoms with Crippen LogP contribution in [0.2, 0.25) is 0 Å². The lowest BCUT2D eigenvalue weighted by Gasteiger charge is -2.09. The molecule has 0 atom stereocenters. The van der Waals surface area contributed by atoms with E-state index in [2.05, 4.69) is 12.1 Å². The Balaban J connectivity index is 2.13. The maximum absolute atomic E-state index is 10.2. The zero-order valence-corrected chi connectivity index (χ0v) is 8.35. The molecule has 0 bridgehead atoms. The van der Waals surface area contributed by atoms with Gasteiger partial charge in [-0.1, -0.05) is 30.3 Å². The summed E-state index contributed by atoms with van der Waals surface area (Å²) in [6, 6.07) is 10.2. The van der Waals surface area contributed by atoms with E-state index in [1.807, 2.05) is 18.2 Å². The van der Waals surface area contributed by atoms with Crippen LogP contribution in [0.1, 0.15) is 12.0 Å². The quantitative estimate of drug-likeness (QED) is 0.390. The van der Waals surface area contributed by atoms with Crippen LogP contribution in [0.5, 0.6) is 0 Å². The Morgan fingerprint density at radius 3 is 2.71 bits per heavy atom. The highest BCUT2D eigenvalue weighted by Crippen LogP contribution is 2.02. The molecule has 76 valence electrons. The SMILES string of the molecule is CN(C=O)OCCCc1ccccc1. The number of nitrogens with zero attached hydrogens (tertiary/aromatic N) is 1. The average Bonchev–Trinajstić information content (AvgIpc) is 2.25. The van der Waals surface area contributed by atoms with Crippen LogP contribution in [0.3, 0.4) is 0 Å². The van der Waals surface area contributed by atoms with Crippen molar-refractivity contribution in [2.24, 2.45) is 0 Å². The number of carbonyl (C=O) groups is 1. The summed E-state index contributed by atoms with van der Waals surface area (Å²) < 4.78 is 0. The second-order valence-corrected chi connectivity index (χ2v) is 3.07. The molecule has 0 aliphatic carbocycles. The zero-order valence-electron chi connectivity index (χ0n) is 8.35. The van der Waals surface area contributed by atoms with E-state index in [0.29, 0.717) is 13.0 Å². The molecule has 1 amide bonds. The maximum atomic E-state index is 10.2. The fraction of sp³-hybridized carbons (Fsp3) is 0.364. The average molecular weight is 193 g/mol. The normalized spacial score (nSPS) is 9.79. The first-order valence-electron chi connectivity index (χ1n) is 4.68. The van der Waals surface area contributed by atoms with Crippen LogP contribution in [0.25, 0.3) is 0 Å². The summed E-state index contributed by atoms with van der Waals surface area (Å²) in [6.07, 6.45) is 2.55. The largest absolute Gasteiger partial charge is 0.276 e. The fourth-order valence-electron chi connectivity index (χ4n) is 1.16. The number of rotatable bonds is 6. The van der Waals surface area contributed by atoms with Crippen molar-refractivity contribution in [2.75, 3.05) is 13.7 Å². The highest BCUT2D eigenvalue weighted by atomic mass is 16.7. The number of hydrogen-bond donors (Lipinski definition) is 0. The van der Waals surface area contributed by atoms with Gasteiger partial charge in [-0.2, -0.15) is 0 Å². The molecular weight excluding hydrogens is 178 g/mol. The Hall–Kier alpha value is -1.35. The molecule has 0 aromatic heterocycles. The van der Waals surface area contributed by atoms with Crippen molar-refractivity contribution in [1.29, 1.82) is 0 Å². The zero-order chi connectivity index (χ0) is 10.2. The molecule has 1 aromatic rings. The van der Waals surface area contributed by atoms with Crippen LogP contribution < -0.4 is 0 Å². The van der Waals surface area contributed by atoms with Crippen molar-refractivity contribution in [2.45, 2.75) is 12.8 Å². The van der Waals surface area contributed by atoms with Gasteiger partial charge in [0.05, 0.1) is 6.61 Å². The lowest BCUT2D eigenvalue weighted by molar-refractivity contribution is -0.163. The molecule has 0 fully saturated rings. The lowest BCUT2D eigenvalue weighted by Crippen LogP contribution is -2.17. The topological polar surface area (TPSA) is 29.5 Å². The molecule has 3 nitrogen and oxygen atoms in total. The number of aryl methyl sites for hydroxylation is 1. The second-order valence-electron chi connectivity index (χ2n) is 3.07. The molecular formula is C11H15NO2. The molecule has 0 radical (unpaired) electrons.